The third kappa shape index (κ3) is 3.34. The van der Waals surface area contributed by atoms with E-state index in [-0.39, 0.29) is 11.4 Å². The highest BCUT2D eigenvalue weighted by Gasteiger charge is 2.18. The van der Waals surface area contributed by atoms with Crippen molar-refractivity contribution < 1.29 is 17.9 Å². The lowest BCUT2D eigenvalue weighted by Gasteiger charge is -2.18. The Labute approximate surface area is 128 Å². The van der Waals surface area contributed by atoms with Crippen molar-refractivity contribution in [2.75, 3.05) is 19.8 Å². The fourth-order valence-corrected chi connectivity index (χ4v) is 3.11. The summed E-state index contributed by atoms with van der Waals surface area (Å²) >= 11 is 0. The van der Waals surface area contributed by atoms with E-state index < -0.39 is 10.0 Å². The summed E-state index contributed by atoms with van der Waals surface area (Å²) in [5.41, 5.74) is 0.868. The van der Waals surface area contributed by atoms with Crippen LogP contribution in [0.3, 0.4) is 0 Å². The number of fused-ring (bicyclic) bond motifs is 1. The van der Waals surface area contributed by atoms with Crippen LogP contribution in [-0.2, 0) is 16.4 Å². The molecule has 3 rings (SSSR count). The van der Waals surface area contributed by atoms with Gasteiger partial charge in [0, 0.05) is 25.0 Å². The van der Waals surface area contributed by atoms with Crippen molar-refractivity contribution in [3.63, 3.8) is 0 Å². The number of sulfonamides is 1. The minimum atomic E-state index is -3.59. The van der Waals surface area contributed by atoms with E-state index in [0.29, 0.717) is 31.1 Å². The molecule has 0 aliphatic carbocycles. The van der Waals surface area contributed by atoms with Gasteiger partial charge >= 0.3 is 0 Å². The maximum absolute atomic E-state index is 12.3. The Balaban J connectivity index is 1.67. The fraction of sp³-hybridized carbons (Fsp3) is 0.286. The molecule has 0 fully saturated rings. The average molecular weight is 321 g/mol. The van der Waals surface area contributed by atoms with Gasteiger partial charge in [-0.05, 0) is 24.1 Å². The zero-order valence-electron chi connectivity index (χ0n) is 11.7. The summed E-state index contributed by atoms with van der Waals surface area (Å²) < 4.78 is 37.9. The number of ether oxygens (including phenoxy) is 2. The first-order chi connectivity index (χ1) is 10.6. The number of hydrogen-bond acceptors (Lipinski definition) is 6. The molecule has 0 amide bonds. The Morgan fingerprint density at radius 2 is 1.82 bits per heavy atom. The highest BCUT2D eigenvalue weighted by molar-refractivity contribution is 7.89. The molecule has 1 aromatic carbocycles. The van der Waals surface area contributed by atoms with Crippen molar-refractivity contribution in [3.05, 3.63) is 42.5 Å². The van der Waals surface area contributed by atoms with Gasteiger partial charge in [0.1, 0.15) is 19.5 Å². The second-order valence-corrected chi connectivity index (χ2v) is 6.47. The lowest BCUT2D eigenvalue weighted by atomic mass is 10.2. The summed E-state index contributed by atoms with van der Waals surface area (Å²) in [6.45, 7) is 1.15. The maximum Gasteiger partial charge on any atom is 0.240 e. The second-order valence-electron chi connectivity index (χ2n) is 4.70. The smallest absolute Gasteiger partial charge is 0.240 e. The molecule has 116 valence electrons. The first-order valence-corrected chi connectivity index (χ1v) is 8.27. The van der Waals surface area contributed by atoms with Crippen LogP contribution in [0.4, 0.5) is 0 Å². The van der Waals surface area contributed by atoms with Crippen molar-refractivity contribution in [1.82, 2.24) is 14.7 Å². The SMILES string of the molecule is O=S(=O)(NCCc1cncnc1)c1ccc2c(c1)OCCO2. The molecular weight excluding hydrogens is 306 g/mol. The van der Waals surface area contributed by atoms with Gasteiger partial charge in [-0.1, -0.05) is 0 Å². The van der Waals surface area contributed by atoms with E-state index in [2.05, 4.69) is 14.7 Å². The Morgan fingerprint density at radius 1 is 1.09 bits per heavy atom. The molecule has 0 radical (unpaired) electrons. The zero-order chi connectivity index (χ0) is 15.4. The molecule has 0 saturated heterocycles. The van der Waals surface area contributed by atoms with E-state index in [0.717, 1.165) is 5.56 Å². The first-order valence-electron chi connectivity index (χ1n) is 6.78. The number of hydrogen-bond donors (Lipinski definition) is 1. The maximum atomic E-state index is 12.3. The molecule has 0 spiro atoms. The van der Waals surface area contributed by atoms with Crippen LogP contribution in [0.15, 0.2) is 41.8 Å². The number of aromatic nitrogens is 2. The van der Waals surface area contributed by atoms with Gasteiger partial charge in [0.15, 0.2) is 11.5 Å². The molecule has 8 heteroatoms. The summed E-state index contributed by atoms with van der Waals surface area (Å²) in [5.74, 6) is 1.01. The largest absolute Gasteiger partial charge is 0.486 e. The Bertz CT molecular complexity index is 750. The van der Waals surface area contributed by atoms with Crippen molar-refractivity contribution in [2.24, 2.45) is 0 Å². The quantitative estimate of drug-likeness (QED) is 0.875. The van der Waals surface area contributed by atoms with Crippen molar-refractivity contribution in [1.29, 1.82) is 0 Å². The summed E-state index contributed by atoms with van der Waals surface area (Å²) in [7, 11) is -3.59. The van der Waals surface area contributed by atoms with E-state index in [9.17, 15) is 8.42 Å². The molecular formula is C14H15N3O4S. The Kier molecular flexibility index (Phi) is 4.21. The van der Waals surface area contributed by atoms with E-state index in [1.54, 1.807) is 18.5 Å². The van der Waals surface area contributed by atoms with Gasteiger partial charge in [0.05, 0.1) is 4.90 Å². The molecule has 0 saturated carbocycles. The molecule has 0 unspecified atom stereocenters. The molecule has 1 N–H and O–H groups in total. The summed E-state index contributed by atoms with van der Waals surface area (Å²) in [5, 5.41) is 0. The van der Waals surface area contributed by atoms with Crippen LogP contribution >= 0.6 is 0 Å². The summed E-state index contributed by atoms with van der Waals surface area (Å²) in [6.07, 6.45) is 5.27. The molecule has 7 nitrogen and oxygen atoms in total. The average Bonchev–Trinajstić information content (AvgIpc) is 2.55. The van der Waals surface area contributed by atoms with Gasteiger partial charge < -0.3 is 9.47 Å². The van der Waals surface area contributed by atoms with Crippen molar-refractivity contribution in [2.45, 2.75) is 11.3 Å². The van der Waals surface area contributed by atoms with Crippen LogP contribution in [-0.4, -0.2) is 38.1 Å². The van der Waals surface area contributed by atoms with Crippen LogP contribution in [0.2, 0.25) is 0 Å². The molecule has 2 aromatic rings. The highest BCUT2D eigenvalue weighted by atomic mass is 32.2. The van der Waals surface area contributed by atoms with Crippen LogP contribution in [0.5, 0.6) is 11.5 Å². The van der Waals surface area contributed by atoms with Crippen molar-refractivity contribution in [3.8, 4) is 11.5 Å². The van der Waals surface area contributed by atoms with Gasteiger partial charge in [0.25, 0.3) is 0 Å². The molecule has 1 aliphatic rings. The number of rotatable bonds is 5. The lowest BCUT2D eigenvalue weighted by Crippen LogP contribution is -2.26. The number of benzene rings is 1. The van der Waals surface area contributed by atoms with E-state index in [1.165, 1.54) is 18.5 Å². The first kappa shape index (κ1) is 14.7. The monoisotopic (exact) mass is 321 g/mol. The van der Waals surface area contributed by atoms with Crippen LogP contribution in [0.25, 0.3) is 0 Å². The molecule has 22 heavy (non-hydrogen) atoms. The van der Waals surface area contributed by atoms with Gasteiger partial charge in [-0.15, -0.1) is 0 Å². The molecule has 0 atom stereocenters. The Hall–Kier alpha value is -2.19. The highest BCUT2D eigenvalue weighted by Crippen LogP contribution is 2.32. The van der Waals surface area contributed by atoms with Gasteiger partial charge in [-0.25, -0.2) is 23.1 Å². The predicted octanol–water partition coefficient (Wildman–Crippen LogP) is 0.769. The summed E-state index contributed by atoms with van der Waals surface area (Å²) in [6, 6.07) is 4.58. The third-order valence-electron chi connectivity index (χ3n) is 3.14. The molecule has 2 heterocycles. The van der Waals surface area contributed by atoms with Crippen LogP contribution in [0, 0.1) is 0 Å². The van der Waals surface area contributed by atoms with E-state index in [4.69, 9.17) is 9.47 Å². The second kappa shape index (κ2) is 6.29. The minimum Gasteiger partial charge on any atom is -0.486 e. The molecule has 1 aromatic heterocycles. The lowest BCUT2D eigenvalue weighted by molar-refractivity contribution is 0.171. The van der Waals surface area contributed by atoms with Crippen molar-refractivity contribution >= 4 is 10.0 Å². The molecule has 0 bridgehead atoms. The molecule has 1 aliphatic heterocycles. The van der Waals surface area contributed by atoms with Crippen LogP contribution < -0.4 is 14.2 Å². The van der Waals surface area contributed by atoms with E-state index >= 15 is 0 Å². The van der Waals surface area contributed by atoms with Gasteiger partial charge in [-0.3, -0.25) is 0 Å². The summed E-state index contributed by atoms with van der Waals surface area (Å²) in [4.78, 5) is 7.93. The van der Waals surface area contributed by atoms with Gasteiger partial charge in [0.2, 0.25) is 10.0 Å². The predicted molar refractivity (Wildman–Crippen MR) is 78.4 cm³/mol. The zero-order valence-corrected chi connectivity index (χ0v) is 12.5. The van der Waals surface area contributed by atoms with Gasteiger partial charge in [-0.2, -0.15) is 0 Å². The standard InChI is InChI=1S/C14H15N3O4S/c18-22(19,17-4-3-11-8-15-10-16-9-11)12-1-2-13-14(7-12)21-6-5-20-13/h1-2,7-10,17H,3-6H2. The fourth-order valence-electron chi connectivity index (χ4n) is 2.06. The minimum absolute atomic E-state index is 0.154. The number of nitrogens with one attached hydrogen (secondary N) is 1. The van der Waals surface area contributed by atoms with E-state index in [1.807, 2.05) is 0 Å². The van der Waals surface area contributed by atoms with Crippen LogP contribution in [0.1, 0.15) is 5.56 Å². The number of nitrogens with zero attached hydrogens (tertiary/aromatic N) is 2. The topological polar surface area (TPSA) is 90.4 Å². The Morgan fingerprint density at radius 3 is 2.59 bits per heavy atom. The third-order valence-corrected chi connectivity index (χ3v) is 4.60. The normalized spacial score (nSPS) is 13.8.